The lowest BCUT2D eigenvalue weighted by Crippen LogP contribution is -2.11. The van der Waals surface area contributed by atoms with Crippen molar-refractivity contribution in [3.63, 3.8) is 0 Å². The van der Waals surface area contributed by atoms with Gasteiger partial charge in [0.05, 0.1) is 0 Å². The van der Waals surface area contributed by atoms with Crippen LogP contribution in [0, 0.1) is 5.92 Å². The molecule has 0 amide bonds. The van der Waals surface area contributed by atoms with Crippen LogP contribution >= 0.6 is 0 Å². The van der Waals surface area contributed by atoms with E-state index in [1.807, 2.05) is 13.8 Å². The lowest BCUT2D eigenvalue weighted by atomic mass is 9.83. The monoisotopic (exact) mass is 799 g/mol. The molecule has 9 aromatic rings. The molecule has 1 atom stereocenters. The van der Waals surface area contributed by atoms with E-state index in [1.54, 1.807) is 0 Å². The van der Waals surface area contributed by atoms with Crippen molar-refractivity contribution in [1.82, 2.24) is 4.57 Å². The molecule has 0 saturated heterocycles. The third-order valence-electron chi connectivity index (χ3n) is 13.3. The highest BCUT2D eigenvalue weighted by Gasteiger charge is 2.23. The molecule has 0 N–H and O–H groups in total. The van der Waals surface area contributed by atoms with E-state index in [1.165, 1.54) is 105 Å². The molecule has 1 aromatic heterocycles. The van der Waals surface area contributed by atoms with E-state index in [2.05, 4.69) is 212 Å². The van der Waals surface area contributed by atoms with Crippen LogP contribution in [0.2, 0.25) is 0 Å². The van der Waals surface area contributed by atoms with Gasteiger partial charge in [-0.15, -0.1) is 0 Å². The topological polar surface area (TPSA) is 4.93 Å². The summed E-state index contributed by atoms with van der Waals surface area (Å²) >= 11 is 0. The predicted octanol–water partition coefficient (Wildman–Crippen LogP) is 15.8. The first-order valence-electron chi connectivity index (χ1n) is 22.5. The van der Waals surface area contributed by atoms with E-state index in [0.29, 0.717) is 5.92 Å². The van der Waals surface area contributed by atoms with Crippen LogP contribution in [0.25, 0.3) is 67.2 Å². The van der Waals surface area contributed by atoms with Crippen LogP contribution in [0.15, 0.2) is 193 Å². The van der Waals surface area contributed by atoms with E-state index in [0.717, 1.165) is 32.1 Å². The molecule has 2 bridgehead atoms. The van der Waals surface area contributed by atoms with Gasteiger partial charge in [-0.3, -0.25) is 0 Å². The average molecular weight is 800 g/mol. The van der Waals surface area contributed by atoms with E-state index in [-0.39, 0.29) is 0 Å². The number of nitrogens with zero attached hydrogens (tertiary/aromatic N) is 1. The Morgan fingerprint density at radius 3 is 2.15 bits per heavy atom. The molecular formula is C61H53N. The molecule has 11 rings (SSSR count). The summed E-state index contributed by atoms with van der Waals surface area (Å²) in [6.45, 7) is 4.00. The summed E-state index contributed by atoms with van der Waals surface area (Å²) in [6.07, 6.45) is 16.9. The molecule has 2 aliphatic carbocycles. The van der Waals surface area contributed by atoms with Crippen molar-refractivity contribution in [2.75, 3.05) is 0 Å². The van der Waals surface area contributed by atoms with Gasteiger partial charge >= 0.3 is 0 Å². The number of allylic oxidation sites excluding steroid dienone is 5. The van der Waals surface area contributed by atoms with E-state index in [9.17, 15) is 0 Å². The molecule has 62 heavy (non-hydrogen) atoms. The molecule has 0 unspecified atom stereocenters. The molecule has 0 radical (unpaired) electrons. The van der Waals surface area contributed by atoms with Crippen LogP contribution < -0.4 is 0 Å². The molecule has 8 aromatic carbocycles. The second kappa shape index (κ2) is 17.2. The summed E-state index contributed by atoms with van der Waals surface area (Å²) in [4.78, 5) is 0. The van der Waals surface area contributed by atoms with E-state index < -0.39 is 0 Å². The smallest absolute Gasteiger partial charge is 0.0489 e. The van der Waals surface area contributed by atoms with Crippen LogP contribution in [-0.2, 0) is 32.7 Å². The first kappa shape index (κ1) is 39.2. The molecule has 1 nitrogen and oxygen atoms in total. The Labute approximate surface area is 366 Å². The van der Waals surface area contributed by atoms with Crippen LogP contribution in [-0.4, -0.2) is 4.57 Å². The molecule has 0 aliphatic heterocycles. The maximum atomic E-state index is 2.49. The van der Waals surface area contributed by atoms with Crippen LogP contribution in [0.3, 0.4) is 0 Å². The van der Waals surface area contributed by atoms with Gasteiger partial charge < -0.3 is 4.57 Å². The third-order valence-corrected chi connectivity index (χ3v) is 13.3. The lowest BCUT2D eigenvalue weighted by Gasteiger charge is -2.21. The maximum absolute atomic E-state index is 2.49. The molecule has 0 fully saturated rings. The van der Waals surface area contributed by atoms with Crippen LogP contribution in [0.5, 0.6) is 0 Å². The largest absolute Gasteiger partial charge is 0.344 e. The van der Waals surface area contributed by atoms with Gasteiger partial charge in [0.25, 0.3) is 0 Å². The number of hydrogen-bond acceptors (Lipinski definition) is 0. The second-order valence-electron chi connectivity index (χ2n) is 16.9. The minimum absolute atomic E-state index is 0.379. The number of fused-ring (bicyclic) bond motifs is 5. The molecule has 2 aliphatic rings. The maximum Gasteiger partial charge on any atom is 0.0489 e. The lowest BCUT2D eigenvalue weighted by molar-refractivity contribution is 0.563. The predicted molar refractivity (Wildman–Crippen MR) is 268 cm³/mol. The zero-order valence-electron chi connectivity index (χ0n) is 36.1. The highest BCUT2D eigenvalue weighted by atomic mass is 14.9. The van der Waals surface area contributed by atoms with Gasteiger partial charge in [0.2, 0.25) is 0 Å². The molecule has 1 heterocycles. The number of rotatable bonds is 10. The van der Waals surface area contributed by atoms with Crippen molar-refractivity contribution in [2.24, 2.45) is 13.0 Å². The van der Waals surface area contributed by atoms with Gasteiger partial charge in [-0.25, -0.2) is 0 Å². The first-order valence-corrected chi connectivity index (χ1v) is 22.5. The fourth-order valence-electron chi connectivity index (χ4n) is 10.2. The van der Waals surface area contributed by atoms with Crippen molar-refractivity contribution >= 4 is 67.2 Å². The van der Waals surface area contributed by atoms with Crippen molar-refractivity contribution in [2.45, 2.75) is 46.0 Å². The van der Waals surface area contributed by atoms with E-state index >= 15 is 0 Å². The standard InChI is InChI=1S/C59H47N.C2H6/c1-60-57-32-23-42(22-24-49(34-40-12-4-2-5-13-40)53-31-29-44-25-26-45-18-11-19-46-27-28-50(53)39-54(44)59(45)46)36-55(57)56-38-47(30-33-58(56)60)51(35-41-14-6-3-7-15-41)37-48-20-10-17-43-16-8-9-21-52(43)48;1-2/h2-21,23,25-33,35-36,38,49H,22,24,34,37,39H2,1H3;1-2H3/t49-;/m0./s1. The Kier molecular flexibility index (Phi) is 10.9. The van der Waals surface area contributed by atoms with Gasteiger partial charge in [0.15, 0.2) is 0 Å². The Morgan fingerprint density at radius 1 is 0.581 bits per heavy atom. The summed E-state index contributed by atoms with van der Waals surface area (Å²) in [6, 6.07) is 63.0. The van der Waals surface area contributed by atoms with Crippen molar-refractivity contribution in [1.29, 1.82) is 0 Å². The molecule has 302 valence electrons. The van der Waals surface area contributed by atoms with Gasteiger partial charge in [0, 0.05) is 28.9 Å². The summed E-state index contributed by atoms with van der Waals surface area (Å²) in [7, 11) is 2.22. The Morgan fingerprint density at radius 2 is 1.29 bits per heavy atom. The Balaban J connectivity index is 0.00000226. The van der Waals surface area contributed by atoms with Crippen molar-refractivity contribution < 1.29 is 0 Å². The zero-order valence-corrected chi connectivity index (χ0v) is 36.1. The van der Waals surface area contributed by atoms with Crippen molar-refractivity contribution in [3.8, 4) is 0 Å². The van der Waals surface area contributed by atoms with Gasteiger partial charge in [-0.2, -0.15) is 0 Å². The summed E-state index contributed by atoms with van der Waals surface area (Å²) in [5, 5.41) is 7.99. The quantitative estimate of drug-likeness (QED) is 0.121. The van der Waals surface area contributed by atoms with Gasteiger partial charge in [0.1, 0.15) is 0 Å². The summed E-state index contributed by atoms with van der Waals surface area (Å²) in [5.41, 5.74) is 17.6. The van der Waals surface area contributed by atoms with Crippen LogP contribution in [0.4, 0.5) is 0 Å². The first-order chi connectivity index (χ1) is 30.6. The minimum Gasteiger partial charge on any atom is -0.344 e. The number of hydrogen-bond donors (Lipinski definition) is 0. The SMILES string of the molecule is CC.Cn1c2ccc(CC[C@@H](Cc3ccccc3)C3=C4C=Cc5cccc6ccc(c(c56)C4)C=C3)cc2c2cc(C(=Cc3ccccc3)Cc3cccc4ccccc34)ccc21. The number of benzene rings is 8. The van der Waals surface area contributed by atoms with Crippen molar-refractivity contribution in [3.05, 3.63) is 238 Å². The fourth-order valence-corrected chi connectivity index (χ4v) is 10.2. The van der Waals surface area contributed by atoms with Gasteiger partial charge in [-0.05, 0) is 145 Å². The average Bonchev–Trinajstić information content (AvgIpc) is 3.45. The molecular weight excluding hydrogens is 747 g/mol. The summed E-state index contributed by atoms with van der Waals surface area (Å²) < 4.78 is 2.37. The molecule has 1 heteroatoms. The number of aryl methyl sites for hydroxylation is 2. The number of aromatic nitrogens is 1. The molecule has 0 saturated carbocycles. The van der Waals surface area contributed by atoms with Gasteiger partial charge in [-0.1, -0.05) is 190 Å². The molecule has 0 spiro atoms. The highest BCUT2D eigenvalue weighted by Crippen LogP contribution is 2.40. The second-order valence-corrected chi connectivity index (χ2v) is 16.9. The summed E-state index contributed by atoms with van der Waals surface area (Å²) in [5.74, 6) is 0.379. The fraction of sp³-hybridized carbons (Fsp3) is 0.148. The van der Waals surface area contributed by atoms with Crippen LogP contribution in [0.1, 0.15) is 64.8 Å². The zero-order chi connectivity index (χ0) is 42.0. The highest BCUT2D eigenvalue weighted by molar-refractivity contribution is 6.09. The Hall–Kier alpha value is -6.96. The van der Waals surface area contributed by atoms with E-state index in [4.69, 9.17) is 0 Å². The normalized spacial score (nSPS) is 13.8. The minimum atomic E-state index is 0.379. The third kappa shape index (κ3) is 7.54. The Bertz CT molecular complexity index is 3220.